The van der Waals surface area contributed by atoms with Crippen molar-refractivity contribution in [2.45, 2.75) is 25.8 Å². The molecule has 2 aromatic rings. The third kappa shape index (κ3) is 4.96. The van der Waals surface area contributed by atoms with Crippen molar-refractivity contribution in [2.24, 2.45) is 5.92 Å². The van der Waals surface area contributed by atoms with Crippen LogP contribution in [0.4, 0.5) is 0 Å². The maximum atomic E-state index is 12.6. The van der Waals surface area contributed by atoms with Crippen LogP contribution in [-0.2, 0) is 19.1 Å². The minimum absolute atomic E-state index is 0.144. The Morgan fingerprint density at radius 3 is 2.63 bits per heavy atom. The number of benzene rings is 1. The number of hydrogen-bond donors (Lipinski definition) is 1. The number of methoxy groups -OCH3 is 1. The van der Waals surface area contributed by atoms with E-state index >= 15 is 0 Å². The van der Waals surface area contributed by atoms with Crippen LogP contribution in [0.15, 0.2) is 23.6 Å². The summed E-state index contributed by atoms with van der Waals surface area (Å²) in [5.74, 6) is -1.06. The van der Waals surface area contributed by atoms with E-state index < -0.39 is 12.0 Å². The number of fused-ring (bicyclic) bond motifs is 1. The number of carbonyl (C=O) groups excluding carboxylic acids is 3. The zero-order chi connectivity index (χ0) is 21.8. The molecule has 30 heavy (non-hydrogen) atoms. The summed E-state index contributed by atoms with van der Waals surface area (Å²) in [4.78, 5) is 38.0. The van der Waals surface area contributed by atoms with Crippen LogP contribution in [0.1, 0.15) is 25.3 Å². The van der Waals surface area contributed by atoms with Gasteiger partial charge in [0, 0.05) is 25.1 Å². The molecule has 1 aromatic heterocycles. The van der Waals surface area contributed by atoms with Crippen molar-refractivity contribution in [3.05, 3.63) is 39.2 Å². The van der Waals surface area contributed by atoms with Crippen molar-refractivity contribution in [3.8, 4) is 0 Å². The van der Waals surface area contributed by atoms with E-state index in [9.17, 15) is 14.4 Å². The molecule has 3 rings (SSSR count). The van der Waals surface area contributed by atoms with Crippen LogP contribution in [0.25, 0.3) is 16.2 Å². The molecule has 1 saturated heterocycles. The SMILES string of the molecule is COC(=O)C(C)NC(=O)C1CCN(C(=O)C=Cc2cc3ccsc3c(Cl)c2Cl)CC1. The molecule has 1 aromatic carbocycles. The van der Waals surface area contributed by atoms with Gasteiger partial charge in [-0.05, 0) is 54.3 Å². The van der Waals surface area contributed by atoms with Gasteiger partial charge in [-0.2, -0.15) is 0 Å². The van der Waals surface area contributed by atoms with Crippen molar-refractivity contribution in [2.75, 3.05) is 20.2 Å². The number of piperidine rings is 1. The molecule has 2 heterocycles. The van der Waals surface area contributed by atoms with E-state index in [1.807, 2.05) is 17.5 Å². The highest BCUT2D eigenvalue weighted by Gasteiger charge is 2.28. The zero-order valence-corrected chi connectivity index (χ0v) is 18.9. The normalized spacial score (nSPS) is 16.1. The predicted molar refractivity (Wildman–Crippen MR) is 120 cm³/mol. The average Bonchev–Trinajstić information content (AvgIpc) is 3.23. The van der Waals surface area contributed by atoms with Crippen LogP contribution in [-0.4, -0.2) is 48.9 Å². The molecule has 1 aliphatic heterocycles. The van der Waals surface area contributed by atoms with Crippen LogP contribution in [0.3, 0.4) is 0 Å². The smallest absolute Gasteiger partial charge is 0.328 e. The van der Waals surface area contributed by atoms with Gasteiger partial charge in [0.25, 0.3) is 0 Å². The van der Waals surface area contributed by atoms with Crippen molar-refractivity contribution in [1.82, 2.24) is 10.2 Å². The fraction of sp³-hybridized carbons (Fsp3) is 0.381. The largest absolute Gasteiger partial charge is 0.467 e. The van der Waals surface area contributed by atoms with Gasteiger partial charge < -0.3 is 15.0 Å². The second-order valence-electron chi connectivity index (χ2n) is 7.12. The topological polar surface area (TPSA) is 75.7 Å². The number of nitrogens with one attached hydrogen (secondary N) is 1. The van der Waals surface area contributed by atoms with Gasteiger partial charge in [-0.15, -0.1) is 11.3 Å². The molecule has 0 radical (unpaired) electrons. The number of carbonyl (C=O) groups is 3. The number of amides is 2. The van der Waals surface area contributed by atoms with Crippen LogP contribution in [0, 0.1) is 5.92 Å². The van der Waals surface area contributed by atoms with Gasteiger partial charge in [0.1, 0.15) is 6.04 Å². The molecule has 1 atom stereocenters. The number of esters is 1. The summed E-state index contributed by atoms with van der Waals surface area (Å²) in [6.07, 6.45) is 4.22. The average molecular weight is 469 g/mol. The number of likely N-dealkylation sites (tertiary alicyclic amines) is 1. The zero-order valence-electron chi connectivity index (χ0n) is 16.6. The molecule has 2 amide bonds. The van der Waals surface area contributed by atoms with Crippen LogP contribution >= 0.6 is 34.5 Å². The Morgan fingerprint density at radius 1 is 1.27 bits per heavy atom. The van der Waals surface area contributed by atoms with E-state index in [1.165, 1.54) is 24.5 Å². The maximum Gasteiger partial charge on any atom is 0.328 e. The summed E-state index contributed by atoms with van der Waals surface area (Å²) in [6.45, 7) is 2.51. The molecule has 1 unspecified atom stereocenters. The molecule has 0 aliphatic carbocycles. The van der Waals surface area contributed by atoms with E-state index in [0.29, 0.717) is 41.5 Å². The van der Waals surface area contributed by atoms with E-state index in [0.717, 1.165) is 10.1 Å². The standard InChI is InChI=1S/C21H22Cl2N2O4S/c1-12(21(28)29-2)24-20(27)13-5-8-25(9-6-13)16(26)4-3-14-11-15-7-10-30-19(15)18(23)17(14)22/h3-4,7,10-13H,5-6,8-9H2,1-2H3,(H,24,27). The third-order valence-electron chi connectivity index (χ3n) is 5.15. The molecule has 1 aliphatic rings. The number of thiophene rings is 1. The molecule has 0 spiro atoms. The number of rotatable bonds is 5. The summed E-state index contributed by atoms with van der Waals surface area (Å²) in [5.41, 5.74) is 0.687. The number of nitrogens with zero attached hydrogens (tertiary/aromatic N) is 1. The van der Waals surface area contributed by atoms with Crippen LogP contribution in [0.5, 0.6) is 0 Å². The Morgan fingerprint density at radius 2 is 1.97 bits per heavy atom. The first-order valence-corrected chi connectivity index (χ1v) is 11.2. The quantitative estimate of drug-likeness (QED) is 0.528. The molecular formula is C21H22Cl2N2O4S. The molecule has 0 bridgehead atoms. The lowest BCUT2D eigenvalue weighted by Gasteiger charge is -2.31. The Labute approximate surface area is 188 Å². The first-order chi connectivity index (χ1) is 14.3. The fourth-order valence-corrected chi connectivity index (χ4v) is 4.82. The van der Waals surface area contributed by atoms with Crippen LogP contribution < -0.4 is 5.32 Å². The van der Waals surface area contributed by atoms with Gasteiger partial charge >= 0.3 is 5.97 Å². The van der Waals surface area contributed by atoms with E-state index in [4.69, 9.17) is 23.2 Å². The van der Waals surface area contributed by atoms with E-state index in [1.54, 1.807) is 17.9 Å². The molecule has 6 nitrogen and oxygen atoms in total. The Bertz CT molecular complexity index is 996. The lowest BCUT2D eigenvalue weighted by Crippen LogP contribution is -2.46. The molecule has 1 fully saturated rings. The number of hydrogen-bond acceptors (Lipinski definition) is 5. The van der Waals surface area contributed by atoms with Gasteiger partial charge in [0.05, 0.1) is 21.9 Å². The minimum Gasteiger partial charge on any atom is -0.467 e. The molecule has 0 saturated carbocycles. The van der Waals surface area contributed by atoms with Gasteiger partial charge in [0.15, 0.2) is 0 Å². The van der Waals surface area contributed by atoms with E-state index in [2.05, 4.69) is 10.1 Å². The van der Waals surface area contributed by atoms with Gasteiger partial charge in [-0.25, -0.2) is 4.79 Å². The highest BCUT2D eigenvalue weighted by Crippen LogP contribution is 2.37. The molecule has 1 N–H and O–H groups in total. The van der Waals surface area contributed by atoms with Crippen molar-refractivity contribution >= 4 is 68.5 Å². The van der Waals surface area contributed by atoms with Crippen molar-refractivity contribution in [1.29, 1.82) is 0 Å². The van der Waals surface area contributed by atoms with Crippen molar-refractivity contribution < 1.29 is 19.1 Å². The Balaban J connectivity index is 1.57. The highest BCUT2D eigenvalue weighted by molar-refractivity contribution is 7.18. The molecule has 160 valence electrons. The minimum atomic E-state index is -0.692. The summed E-state index contributed by atoms with van der Waals surface area (Å²) >= 11 is 14.2. The summed E-state index contributed by atoms with van der Waals surface area (Å²) in [5, 5.41) is 6.49. The van der Waals surface area contributed by atoms with E-state index in [-0.39, 0.29) is 17.7 Å². The summed E-state index contributed by atoms with van der Waals surface area (Å²) in [6, 6.07) is 3.17. The third-order valence-corrected chi connectivity index (χ3v) is 7.09. The molecular weight excluding hydrogens is 447 g/mol. The molecule has 9 heteroatoms. The Kier molecular flexibility index (Phi) is 7.39. The second kappa shape index (κ2) is 9.81. The fourth-order valence-electron chi connectivity index (χ4n) is 3.39. The lowest BCUT2D eigenvalue weighted by atomic mass is 9.95. The monoisotopic (exact) mass is 468 g/mol. The first kappa shape index (κ1) is 22.6. The number of halogens is 2. The highest BCUT2D eigenvalue weighted by atomic mass is 35.5. The van der Waals surface area contributed by atoms with Crippen LogP contribution in [0.2, 0.25) is 10.0 Å². The van der Waals surface area contributed by atoms with Gasteiger partial charge in [0.2, 0.25) is 11.8 Å². The predicted octanol–water partition coefficient (Wildman–Crippen LogP) is 4.14. The van der Waals surface area contributed by atoms with Gasteiger partial charge in [-0.1, -0.05) is 23.2 Å². The second-order valence-corrected chi connectivity index (χ2v) is 8.79. The summed E-state index contributed by atoms with van der Waals surface area (Å²) in [7, 11) is 1.28. The van der Waals surface area contributed by atoms with Gasteiger partial charge in [-0.3, -0.25) is 9.59 Å². The summed E-state index contributed by atoms with van der Waals surface area (Å²) < 4.78 is 5.54. The number of ether oxygens (including phenoxy) is 1. The first-order valence-electron chi connectivity index (χ1n) is 9.52. The Hall–Kier alpha value is -2.09. The van der Waals surface area contributed by atoms with Crippen molar-refractivity contribution in [3.63, 3.8) is 0 Å². The lowest BCUT2D eigenvalue weighted by molar-refractivity contribution is -0.145. The maximum absolute atomic E-state index is 12.6.